The quantitative estimate of drug-likeness (QED) is 0.192. The zero-order valence-electron chi connectivity index (χ0n) is 30.0. The largest absolute Gasteiger partial charge is 0.493 e. The van der Waals surface area contributed by atoms with Crippen LogP contribution in [-0.2, 0) is 22.4 Å². The molecular weight excluding hydrogens is 705 g/mol. The molecule has 1 saturated carbocycles. The Hall–Kier alpha value is -3.23. The van der Waals surface area contributed by atoms with Gasteiger partial charge >= 0.3 is 6.09 Å². The zero-order chi connectivity index (χ0) is 36.5. The van der Waals surface area contributed by atoms with E-state index in [0.29, 0.717) is 37.6 Å². The molecule has 2 aliphatic heterocycles. The monoisotopic (exact) mass is 751 g/mol. The minimum Gasteiger partial charge on any atom is -0.493 e. The number of ether oxygens (including phenoxy) is 2. The number of carbonyl (C=O) groups excluding carboxylic acids is 2. The first-order valence-corrected chi connectivity index (χ1v) is 19.0. The molecule has 3 aromatic carbocycles. The fourth-order valence-electron chi connectivity index (χ4n) is 7.20. The molecule has 2 N–H and O–H groups in total. The third-order valence-electron chi connectivity index (χ3n) is 10.6. The van der Waals surface area contributed by atoms with E-state index in [-0.39, 0.29) is 18.0 Å². The molecule has 3 aromatic rings. The van der Waals surface area contributed by atoms with Gasteiger partial charge in [-0.1, -0.05) is 102 Å². The first-order chi connectivity index (χ1) is 24.2. The van der Waals surface area contributed by atoms with Crippen LogP contribution in [0.3, 0.4) is 0 Å². The van der Waals surface area contributed by atoms with Crippen LogP contribution >= 0.6 is 34.8 Å². The van der Waals surface area contributed by atoms with Crippen molar-refractivity contribution in [2.45, 2.75) is 94.2 Å². The number of fused-ring (bicyclic) bond motifs is 2. The summed E-state index contributed by atoms with van der Waals surface area (Å²) in [4.78, 5) is 30.2. The van der Waals surface area contributed by atoms with Gasteiger partial charge in [-0.25, -0.2) is 4.79 Å². The van der Waals surface area contributed by atoms with Gasteiger partial charge in [-0.05, 0) is 105 Å². The molecule has 3 aliphatic rings. The Bertz CT molecular complexity index is 1770. The molecule has 10 heteroatoms. The van der Waals surface area contributed by atoms with Gasteiger partial charge in [0.05, 0.1) is 18.7 Å². The van der Waals surface area contributed by atoms with Crippen LogP contribution in [0.5, 0.6) is 5.75 Å². The molecular formula is C41H48Cl3N3O4. The Kier molecular flexibility index (Phi) is 11.3. The van der Waals surface area contributed by atoms with Crippen LogP contribution in [0.25, 0.3) is 5.57 Å². The van der Waals surface area contributed by atoms with Crippen LogP contribution in [0, 0.1) is 26.7 Å². The number of alkyl halides is 3. The van der Waals surface area contributed by atoms with E-state index in [1.54, 1.807) is 18.7 Å². The van der Waals surface area contributed by atoms with Gasteiger partial charge in [0, 0.05) is 31.1 Å². The number of halogens is 3. The number of nitrogens with zero attached hydrogens (tertiary/aromatic N) is 1. The second-order valence-corrected chi connectivity index (χ2v) is 17.0. The minimum absolute atomic E-state index is 0.0188. The molecule has 272 valence electrons. The van der Waals surface area contributed by atoms with Gasteiger partial charge in [0.1, 0.15) is 5.75 Å². The van der Waals surface area contributed by atoms with Crippen LogP contribution < -0.4 is 15.4 Å². The maximum Gasteiger partial charge on any atom is 0.411 e. The summed E-state index contributed by atoms with van der Waals surface area (Å²) in [5.74, 6) is 1.20. The highest BCUT2D eigenvalue weighted by Crippen LogP contribution is 2.43. The standard InChI is InChI=1S/C41H48Cl3N3O4/c1-25-11-12-26(2)37(27(25)3)50-20-19-28-13-15-30(16-14-28)33-22-32-23-45-24-35(47(32)39(49)51-40(4,5)41(42,43)44)36(33)38(48)46-34(31-17-18-31)21-29-9-7-6-8-10-29/h6-16,31-32,34-35,45H,17-24H2,1-5H3,(H,46,48)/t32?,34?,35-/m1/s1. The van der Waals surface area contributed by atoms with E-state index in [1.165, 1.54) is 16.7 Å². The lowest BCUT2D eigenvalue weighted by atomic mass is 9.81. The topological polar surface area (TPSA) is 79.9 Å². The number of benzene rings is 3. The molecule has 2 bridgehead atoms. The Balaban J connectivity index is 1.29. The highest BCUT2D eigenvalue weighted by atomic mass is 35.6. The Morgan fingerprint density at radius 3 is 2.27 bits per heavy atom. The molecule has 2 amide bonds. The van der Waals surface area contributed by atoms with Crippen molar-refractivity contribution < 1.29 is 19.1 Å². The molecule has 7 nitrogen and oxygen atoms in total. The van der Waals surface area contributed by atoms with Crippen molar-refractivity contribution in [3.63, 3.8) is 0 Å². The van der Waals surface area contributed by atoms with Crippen LogP contribution in [-0.4, -0.2) is 64.1 Å². The minimum atomic E-state index is -1.84. The number of nitrogens with one attached hydrogen (secondary N) is 2. The highest BCUT2D eigenvalue weighted by Gasteiger charge is 2.50. The number of rotatable bonds is 11. The maximum absolute atomic E-state index is 14.6. The molecule has 2 fully saturated rings. The van der Waals surface area contributed by atoms with E-state index in [0.717, 1.165) is 53.7 Å². The van der Waals surface area contributed by atoms with Crippen molar-refractivity contribution in [1.82, 2.24) is 15.5 Å². The van der Waals surface area contributed by atoms with Crippen molar-refractivity contribution >= 4 is 52.4 Å². The van der Waals surface area contributed by atoms with Crippen LogP contribution in [0.2, 0.25) is 0 Å². The average molecular weight is 753 g/mol. The first-order valence-electron chi connectivity index (χ1n) is 17.9. The summed E-state index contributed by atoms with van der Waals surface area (Å²) >= 11 is 18.6. The molecule has 6 rings (SSSR count). The molecule has 1 saturated heterocycles. The smallest absolute Gasteiger partial charge is 0.411 e. The molecule has 1 aliphatic carbocycles. The normalized spacial score (nSPS) is 19.8. The Morgan fingerprint density at radius 1 is 0.922 bits per heavy atom. The number of piperazine rings is 1. The third-order valence-corrected chi connectivity index (χ3v) is 12.0. The second-order valence-electron chi connectivity index (χ2n) is 14.8. The van der Waals surface area contributed by atoms with Gasteiger partial charge in [0.2, 0.25) is 9.70 Å². The van der Waals surface area contributed by atoms with Crippen molar-refractivity contribution in [3.8, 4) is 5.75 Å². The summed E-state index contributed by atoms with van der Waals surface area (Å²) < 4.78 is 10.3. The predicted octanol–water partition coefficient (Wildman–Crippen LogP) is 8.46. The molecule has 2 heterocycles. The lowest BCUT2D eigenvalue weighted by molar-refractivity contribution is -0.119. The van der Waals surface area contributed by atoms with Gasteiger partial charge < -0.3 is 20.1 Å². The second kappa shape index (κ2) is 15.4. The first kappa shape index (κ1) is 37.5. The van der Waals surface area contributed by atoms with E-state index >= 15 is 0 Å². The number of hydrogen-bond acceptors (Lipinski definition) is 5. The number of aryl methyl sites for hydroxylation is 2. The molecule has 0 spiro atoms. The van der Waals surface area contributed by atoms with E-state index in [1.807, 2.05) is 18.2 Å². The van der Waals surface area contributed by atoms with Crippen molar-refractivity contribution in [2.75, 3.05) is 19.7 Å². The Labute approximate surface area is 317 Å². The molecule has 0 aromatic heterocycles. The maximum atomic E-state index is 14.6. The highest BCUT2D eigenvalue weighted by molar-refractivity contribution is 6.68. The van der Waals surface area contributed by atoms with Crippen LogP contribution in [0.4, 0.5) is 4.79 Å². The lowest BCUT2D eigenvalue weighted by Gasteiger charge is -2.48. The van der Waals surface area contributed by atoms with Crippen molar-refractivity contribution in [1.29, 1.82) is 0 Å². The third kappa shape index (κ3) is 8.54. The summed E-state index contributed by atoms with van der Waals surface area (Å²) in [6, 6.07) is 22.0. The summed E-state index contributed by atoms with van der Waals surface area (Å²) in [6.07, 6.45) is 3.51. The van der Waals surface area contributed by atoms with Gasteiger partial charge in [-0.15, -0.1) is 0 Å². The Morgan fingerprint density at radius 2 is 1.61 bits per heavy atom. The lowest BCUT2D eigenvalue weighted by Crippen LogP contribution is -2.64. The molecule has 2 unspecified atom stereocenters. The van der Waals surface area contributed by atoms with E-state index in [2.05, 4.69) is 79.9 Å². The van der Waals surface area contributed by atoms with E-state index in [9.17, 15) is 9.59 Å². The average Bonchev–Trinajstić information content (AvgIpc) is 3.93. The fourth-order valence-corrected chi connectivity index (χ4v) is 7.32. The van der Waals surface area contributed by atoms with Gasteiger partial charge in [0.15, 0.2) is 5.60 Å². The van der Waals surface area contributed by atoms with E-state index < -0.39 is 21.5 Å². The van der Waals surface area contributed by atoms with Crippen molar-refractivity contribution in [2.24, 2.45) is 5.92 Å². The summed E-state index contributed by atoms with van der Waals surface area (Å²) in [6.45, 7) is 10.9. The summed E-state index contributed by atoms with van der Waals surface area (Å²) in [5.41, 5.74) is 6.91. The molecule has 3 atom stereocenters. The van der Waals surface area contributed by atoms with E-state index in [4.69, 9.17) is 44.3 Å². The zero-order valence-corrected chi connectivity index (χ0v) is 32.3. The van der Waals surface area contributed by atoms with Crippen molar-refractivity contribution in [3.05, 3.63) is 106 Å². The molecule has 51 heavy (non-hydrogen) atoms. The number of carbonyl (C=O) groups is 2. The summed E-state index contributed by atoms with van der Waals surface area (Å²) in [5, 5.41) is 6.87. The van der Waals surface area contributed by atoms with Gasteiger partial charge in [0.25, 0.3) is 0 Å². The number of hydrogen-bond donors (Lipinski definition) is 2. The van der Waals surface area contributed by atoms with Crippen LogP contribution in [0.15, 0.2) is 72.3 Å². The number of amides is 2. The van der Waals surface area contributed by atoms with Gasteiger partial charge in [-0.2, -0.15) is 0 Å². The SMILES string of the molecule is Cc1ccc(C)c(OCCc2ccc(C3=C(C(=O)NC(Cc4ccccc4)C4CC4)[C@H]4CNCC(C3)N4C(=O)OC(C)(C)C(Cl)(Cl)Cl)cc2)c1C. The van der Waals surface area contributed by atoms with Crippen LogP contribution in [0.1, 0.15) is 66.5 Å². The predicted molar refractivity (Wildman–Crippen MR) is 206 cm³/mol. The fraction of sp³-hybridized carbons (Fsp3) is 0.463. The van der Waals surface area contributed by atoms with Gasteiger partial charge in [-0.3, -0.25) is 9.69 Å². The summed E-state index contributed by atoms with van der Waals surface area (Å²) in [7, 11) is 0. The molecule has 0 radical (unpaired) electrons.